The number of hydrogen-bond acceptors (Lipinski definition) is 4. The molecule has 0 unspecified atom stereocenters. The van der Waals surface area contributed by atoms with Gasteiger partial charge < -0.3 is 15.8 Å². The second kappa shape index (κ2) is 6.07. The quantitative estimate of drug-likeness (QED) is 0.914. The number of ether oxygens (including phenoxy) is 1. The average molecular weight is 316 g/mol. The molecule has 0 aliphatic carbocycles. The molecule has 2 aromatic rings. The molecule has 0 radical (unpaired) electrons. The van der Waals surface area contributed by atoms with Gasteiger partial charge in [-0.2, -0.15) is 0 Å². The van der Waals surface area contributed by atoms with Gasteiger partial charge in [-0.05, 0) is 42.0 Å². The number of rotatable bonds is 3. The van der Waals surface area contributed by atoms with Crippen LogP contribution in [0.3, 0.4) is 0 Å². The van der Waals surface area contributed by atoms with Crippen molar-refractivity contribution < 1.29 is 9.53 Å². The first-order valence-electron chi connectivity index (χ1n) is 6.75. The highest BCUT2D eigenvalue weighted by Gasteiger charge is 2.18. The zero-order valence-electron chi connectivity index (χ0n) is 11.6. The largest absolute Gasteiger partial charge is 0.463 e. The number of halogens is 1. The fourth-order valence-electron chi connectivity index (χ4n) is 2.16. The van der Waals surface area contributed by atoms with Crippen LogP contribution in [-0.4, -0.2) is 18.5 Å². The van der Waals surface area contributed by atoms with Gasteiger partial charge in [-0.3, -0.25) is 4.79 Å². The van der Waals surface area contributed by atoms with E-state index >= 15 is 0 Å². The van der Waals surface area contributed by atoms with Gasteiger partial charge in [0.2, 0.25) is 0 Å². The molecular formula is C16H14ClN3O2. The highest BCUT2D eigenvalue weighted by atomic mass is 35.5. The molecule has 1 amide bonds. The Bertz CT molecular complexity index is 711. The van der Waals surface area contributed by atoms with Crippen molar-refractivity contribution in [2.45, 2.75) is 6.04 Å². The monoisotopic (exact) mass is 315 g/mol. The van der Waals surface area contributed by atoms with Gasteiger partial charge in [0.05, 0.1) is 0 Å². The van der Waals surface area contributed by atoms with Crippen molar-refractivity contribution in [2.75, 3.05) is 11.9 Å². The molecule has 1 aliphatic heterocycles. The van der Waals surface area contributed by atoms with Crippen LogP contribution in [-0.2, 0) is 4.74 Å². The molecule has 0 saturated heterocycles. The summed E-state index contributed by atoms with van der Waals surface area (Å²) in [5, 5.41) is 3.43. The first kappa shape index (κ1) is 14.4. The summed E-state index contributed by atoms with van der Waals surface area (Å²) in [5.74, 6) is -0.184. The Morgan fingerprint density at radius 2 is 1.86 bits per heavy atom. The number of amides is 1. The number of amidine groups is 1. The van der Waals surface area contributed by atoms with Gasteiger partial charge in [0, 0.05) is 16.3 Å². The molecule has 0 fully saturated rings. The molecular weight excluding hydrogens is 302 g/mol. The lowest BCUT2D eigenvalue weighted by atomic mass is 10.1. The van der Waals surface area contributed by atoms with Crippen LogP contribution < -0.4 is 11.1 Å². The Hall–Kier alpha value is -2.53. The molecule has 0 saturated carbocycles. The van der Waals surface area contributed by atoms with Crippen molar-refractivity contribution in [3.8, 4) is 0 Å². The standard InChI is InChI=1S/C16H14ClN3O2/c17-12-5-1-11(2-6-12)15(21)19-13-7-3-10(4-8-13)14-9-22-16(18)20-14/h1-8,14H,9H2,(H2,18,20)(H,19,21)/t14-/m0/s1. The van der Waals surface area contributed by atoms with E-state index in [0.29, 0.717) is 22.9 Å². The fourth-order valence-corrected chi connectivity index (χ4v) is 2.28. The van der Waals surface area contributed by atoms with Gasteiger partial charge in [-0.1, -0.05) is 23.7 Å². The van der Waals surface area contributed by atoms with Crippen LogP contribution in [0.25, 0.3) is 0 Å². The number of aliphatic imine (C=N–C) groups is 1. The summed E-state index contributed by atoms with van der Waals surface area (Å²) < 4.78 is 5.13. The van der Waals surface area contributed by atoms with E-state index in [-0.39, 0.29) is 18.0 Å². The minimum absolute atomic E-state index is 0.0824. The lowest BCUT2D eigenvalue weighted by Crippen LogP contribution is -2.11. The third-order valence-electron chi connectivity index (χ3n) is 3.33. The van der Waals surface area contributed by atoms with Gasteiger partial charge in [0.15, 0.2) is 0 Å². The number of carbonyl (C=O) groups excluding carboxylic acids is 1. The maximum atomic E-state index is 12.1. The van der Waals surface area contributed by atoms with Gasteiger partial charge in [-0.15, -0.1) is 0 Å². The van der Waals surface area contributed by atoms with Crippen molar-refractivity contribution >= 4 is 29.2 Å². The van der Waals surface area contributed by atoms with Gasteiger partial charge in [-0.25, -0.2) is 4.99 Å². The van der Waals surface area contributed by atoms with Crippen LogP contribution in [0.15, 0.2) is 53.5 Å². The van der Waals surface area contributed by atoms with Crippen LogP contribution in [0.5, 0.6) is 0 Å². The van der Waals surface area contributed by atoms with Crippen LogP contribution in [0, 0.1) is 0 Å². The summed E-state index contributed by atoms with van der Waals surface area (Å²) in [4.78, 5) is 16.3. The molecule has 112 valence electrons. The lowest BCUT2D eigenvalue weighted by Gasteiger charge is -2.08. The van der Waals surface area contributed by atoms with E-state index in [1.807, 2.05) is 24.3 Å². The van der Waals surface area contributed by atoms with Crippen molar-refractivity contribution in [2.24, 2.45) is 10.7 Å². The van der Waals surface area contributed by atoms with Gasteiger partial charge in [0.1, 0.15) is 12.6 Å². The number of nitrogens with zero attached hydrogens (tertiary/aromatic N) is 1. The van der Waals surface area contributed by atoms with Crippen LogP contribution in [0.1, 0.15) is 22.0 Å². The fraction of sp³-hybridized carbons (Fsp3) is 0.125. The first-order chi connectivity index (χ1) is 10.6. The van der Waals surface area contributed by atoms with E-state index in [9.17, 15) is 4.79 Å². The highest BCUT2D eigenvalue weighted by molar-refractivity contribution is 6.30. The Morgan fingerprint density at radius 3 is 2.45 bits per heavy atom. The molecule has 5 nitrogen and oxygen atoms in total. The first-order valence-corrected chi connectivity index (χ1v) is 7.12. The second-order valence-electron chi connectivity index (χ2n) is 4.88. The summed E-state index contributed by atoms with van der Waals surface area (Å²) in [6, 6.07) is 14.3. The zero-order valence-corrected chi connectivity index (χ0v) is 12.4. The average Bonchev–Trinajstić information content (AvgIpc) is 2.95. The topological polar surface area (TPSA) is 76.7 Å². The van der Waals surface area contributed by atoms with Crippen molar-refractivity contribution in [3.63, 3.8) is 0 Å². The summed E-state index contributed by atoms with van der Waals surface area (Å²) >= 11 is 5.80. The molecule has 0 bridgehead atoms. The maximum absolute atomic E-state index is 12.1. The summed E-state index contributed by atoms with van der Waals surface area (Å²) in [7, 11) is 0. The third kappa shape index (κ3) is 3.20. The molecule has 1 atom stereocenters. The van der Waals surface area contributed by atoms with E-state index in [2.05, 4.69) is 10.3 Å². The smallest absolute Gasteiger partial charge is 0.282 e. The minimum atomic E-state index is -0.184. The molecule has 3 N–H and O–H groups in total. The second-order valence-corrected chi connectivity index (χ2v) is 5.31. The Balaban J connectivity index is 1.68. The number of hydrogen-bond donors (Lipinski definition) is 2. The van der Waals surface area contributed by atoms with Crippen molar-refractivity contribution in [1.82, 2.24) is 0 Å². The molecule has 0 aromatic heterocycles. The molecule has 22 heavy (non-hydrogen) atoms. The molecule has 1 heterocycles. The number of nitrogens with two attached hydrogens (primary N) is 1. The molecule has 6 heteroatoms. The summed E-state index contributed by atoms with van der Waals surface area (Å²) in [6.07, 6.45) is 0. The SMILES string of the molecule is NC1=N[C@H](c2ccc(NC(=O)c3ccc(Cl)cc3)cc2)CO1. The number of anilines is 1. The normalized spacial score (nSPS) is 16.8. The molecule has 3 rings (SSSR count). The molecule has 1 aliphatic rings. The number of nitrogens with one attached hydrogen (secondary N) is 1. The molecule has 0 spiro atoms. The predicted molar refractivity (Wildman–Crippen MR) is 86.2 cm³/mol. The number of benzene rings is 2. The van der Waals surface area contributed by atoms with Crippen molar-refractivity contribution in [3.05, 3.63) is 64.7 Å². The Labute approximate surface area is 132 Å². The highest BCUT2D eigenvalue weighted by Crippen LogP contribution is 2.23. The van der Waals surface area contributed by atoms with Crippen molar-refractivity contribution in [1.29, 1.82) is 0 Å². The van der Waals surface area contributed by atoms with E-state index in [1.165, 1.54) is 0 Å². The lowest BCUT2D eigenvalue weighted by molar-refractivity contribution is 0.102. The van der Waals surface area contributed by atoms with E-state index in [1.54, 1.807) is 24.3 Å². The van der Waals surface area contributed by atoms with Crippen LogP contribution in [0.2, 0.25) is 5.02 Å². The minimum Gasteiger partial charge on any atom is -0.463 e. The van der Waals surface area contributed by atoms with E-state index < -0.39 is 0 Å². The number of carbonyl (C=O) groups is 1. The Morgan fingerprint density at radius 1 is 1.18 bits per heavy atom. The third-order valence-corrected chi connectivity index (χ3v) is 3.58. The summed E-state index contributed by atoms with van der Waals surface area (Å²) in [5.41, 5.74) is 7.74. The maximum Gasteiger partial charge on any atom is 0.282 e. The Kier molecular flexibility index (Phi) is 3.98. The van der Waals surface area contributed by atoms with Gasteiger partial charge in [0.25, 0.3) is 11.9 Å². The van der Waals surface area contributed by atoms with Crippen LogP contribution >= 0.6 is 11.6 Å². The van der Waals surface area contributed by atoms with E-state index in [0.717, 1.165) is 5.56 Å². The predicted octanol–water partition coefficient (Wildman–Crippen LogP) is 2.98. The van der Waals surface area contributed by atoms with E-state index in [4.69, 9.17) is 22.1 Å². The van der Waals surface area contributed by atoms with Crippen LogP contribution in [0.4, 0.5) is 5.69 Å². The zero-order chi connectivity index (χ0) is 15.5. The molecule has 2 aromatic carbocycles. The summed E-state index contributed by atoms with van der Waals surface area (Å²) in [6.45, 7) is 0.447. The van der Waals surface area contributed by atoms with Gasteiger partial charge >= 0.3 is 0 Å².